The van der Waals surface area contributed by atoms with E-state index in [-0.39, 0.29) is 16.2 Å². The second-order valence-electron chi connectivity index (χ2n) is 8.04. The van der Waals surface area contributed by atoms with E-state index >= 15 is 0 Å². The van der Waals surface area contributed by atoms with Gasteiger partial charge in [0.1, 0.15) is 5.75 Å². The minimum atomic E-state index is -3.74. The summed E-state index contributed by atoms with van der Waals surface area (Å²) in [6.07, 6.45) is 4.32. The predicted molar refractivity (Wildman–Crippen MR) is 154 cm³/mol. The monoisotopic (exact) mass is 603 g/mol. The number of nitrogens with one attached hydrogen (secondary N) is 2. The Morgan fingerprint density at radius 1 is 0.846 bits per heavy atom. The number of hydrazone groups is 1. The molecule has 0 heterocycles. The van der Waals surface area contributed by atoms with Crippen LogP contribution in [0, 0.1) is 0 Å². The van der Waals surface area contributed by atoms with Gasteiger partial charge >= 0.3 is 5.97 Å². The third-order valence-electron chi connectivity index (χ3n) is 5.22. The number of anilines is 1. The van der Waals surface area contributed by atoms with Gasteiger partial charge in [-0.05, 0) is 66.2 Å². The lowest BCUT2D eigenvalue weighted by Gasteiger charge is -2.08. The molecule has 1 amide bonds. The number of nitrogens with zero attached hydrogens (tertiary/aromatic N) is 1. The highest BCUT2D eigenvalue weighted by atomic mass is 79.9. The normalized spacial score (nSPS) is 11.4. The van der Waals surface area contributed by atoms with Gasteiger partial charge in [0, 0.05) is 27.4 Å². The minimum Gasteiger partial charge on any atom is -0.423 e. The molecular weight excluding hydrogens is 582 g/mol. The Morgan fingerprint density at radius 2 is 1.51 bits per heavy atom. The third-order valence-corrected chi connectivity index (χ3v) is 7.11. The molecule has 0 atom stereocenters. The fourth-order valence-corrected chi connectivity index (χ4v) is 4.77. The molecule has 0 spiro atoms. The number of halogens is 1. The molecule has 10 heteroatoms. The van der Waals surface area contributed by atoms with Gasteiger partial charge in [0.2, 0.25) is 0 Å². The first-order valence-corrected chi connectivity index (χ1v) is 13.8. The van der Waals surface area contributed by atoms with E-state index in [0.717, 1.165) is 10.0 Å². The minimum absolute atomic E-state index is 0.131. The number of amides is 1. The molecule has 4 aromatic carbocycles. The molecule has 0 aliphatic rings. The molecule has 0 aliphatic carbocycles. The summed E-state index contributed by atoms with van der Waals surface area (Å²) in [6, 6.07) is 28.2. The number of carbonyl (C=O) groups is 2. The zero-order valence-electron chi connectivity index (χ0n) is 20.3. The standard InChI is InChI=1S/C29H22BrN3O5S/c30-24-14-17-27(38-28(34)18-11-21-7-3-1-4-8-21)23(19-24)20-31-32-29(35)22-12-15-25(16-13-22)33-39(36,37)26-9-5-2-6-10-26/h1-20,33H,(H,32,35)/b18-11+,31-20+. The highest BCUT2D eigenvalue weighted by molar-refractivity contribution is 9.10. The van der Waals surface area contributed by atoms with Crippen molar-refractivity contribution in [2.24, 2.45) is 5.10 Å². The zero-order chi connectivity index (χ0) is 27.7. The lowest BCUT2D eigenvalue weighted by Crippen LogP contribution is -2.18. The van der Waals surface area contributed by atoms with Crippen molar-refractivity contribution in [3.8, 4) is 5.75 Å². The van der Waals surface area contributed by atoms with Gasteiger partial charge in [-0.2, -0.15) is 5.10 Å². The third kappa shape index (κ3) is 7.97. The van der Waals surface area contributed by atoms with Gasteiger partial charge in [0.05, 0.1) is 11.1 Å². The van der Waals surface area contributed by atoms with Crippen molar-refractivity contribution in [2.75, 3.05) is 4.72 Å². The molecule has 0 unspecified atom stereocenters. The average Bonchev–Trinajstić information content (AvgIpc) is 2.94. The molecular formula is C29H22BrN3O5S. The molecule has 39 heavy (non-hydrogen) atoms. The van der Waals surface area contributed by atoms with Crippen molar-refractivity contribution in [2.45, 2.75) is 4.90 Å². The van der Waals surface area contributed by atoms with Crippen LogP contribution in [0.1, 0.15) is 21.5 Å². The lowest BCUT2D eigenvalue weighted by atomic mass is 10.2. The Bertz CT molecular complexity index is 1620. The number of esters is 1. The molecule has 0 saturated heterocycles. The van der Waals surface area contributed by atoms with Crippen LogP contribution in [0.25, 0.3) is 6.08 Å². The van der Waals surface area contributed by atoms with E-state index in [0.29, 0.717) is 11.3 Å². The highest BCUT2D eigenvalue weighted by Crippen LogP contribution is 2.22. The van der Waals surface area contributed by atoms with Crippen LogP contribution in [0.4, 0.5) is 5.69 Å². The number of hydrogen-bond donors (Lipinski definition) is 2. The molecule has 0 fully saturated rings. The van der Waals surface area contributed by atoms with Gasteiger partial charge < -0.3 is 4.74 Å². The summed E-state index contributed by atoms with van der Waals surface area (Å²) >= 11 is 3.37. The summed E-state index contributed by atoms with van der Waals surface area (Å²) in [6.45, 7) is 0. The molecule has 0 saturated carbocycles. The average molecular weight is 604 g/mol. The van der Waals surface area contributed by atoms with Crippen LogP contribution in [-0.4, -0.2) is 26.5 Å². The first kappa shape index (κ1) is 27.5. The predicted octanol–water partition coefficient (Wildman–Crippen LogP) is 5.63. The molecule has 4 aromatic rings. The molecule has 0 bridgehead atoms. The van der Waals surface area contributed by atoms with Crippen molar-refractivity contribution in [1.82, 2.24) is 5.43 Å². The van der Waals surface area contributed by atoms with Gasteiger partial charge in [-0.25, -0.2) is 18.6 Å². The Balaban J connectivity index is 1.38. The van der Waals surface area contributed by atoms with Gasteiger partial charge in [-0.3, -0.25) is 9.52 Å². The van der Waals surface area contributed by atoms with Crippen LogP contribution in [0.15, 0.2) is 124 Å². The molecule has 0 aromatic heterocycles. The van der Waals surface area contributed by atoms with Crippen LogP contribution >= 0.6 is 15.9 Å². The summed E-state index contributed by atoms with van der Waals surface area (Å²) in [4.78, 5) is 25.0. The van der Waals surface area contributed by atoms with Crippen LogP contribution in [-0.2, 0) is 14.8 Å². The number of carbonyl (C=O) groups excluding carboxylic acids is 2. The molecule has 0 radical (unpaired) electrons. The van der Waals surface area contributed by atoms with Crippen molar-refractivity contribution < 1.29 is 22.7 Å². The molecule has 0 aliphatic heterocycles. The maximum atomic E-state index is 12.5. The smallest absolute Gasteiger partial charge is 0.336 e. The largest absolute Gasteiger partial charge is 0.423 e. The summed E-state index contributed by atoms with van der Waals surface area (Å²) in [5.74, 6) is -0.820. The molecule has 4 rings (SSSR count). The number of benzene rings is 4. The van der Waals surface area contributed by atoms with Gasteiger partial charge in [0.15, 0.2) is 0 Å². The first-order chi connectivity index (χ1) is 18.8. The summed E-state index contributed by atoms with van der Waals surface area (Å²) < 4.78 is 33.6. The van der Waals surface area contributed by atoms with Crippen LogP contribution in [0.2, 0.25) is 0 Å². The molecule has 2 N–H and O–H groups in total. The van der Waals surface area contributed by atoms with E-state index in [1.165, 1.54) is 48.7 Å². The Morgan fingerprint density at radius 3 is 2.21 bits per heavy atom. The van der Waals surface area contributed by atoms with E-state index in [4.69, 9.17) is 4.74 Å². The van der Waals surface area contributed by atoms with E-state index in [1.807, 2.05) is 30.3 Å². The zero-order valence-corrected chi connectivity index (χ0v) is 22.7. The summed E-state index contributed by atoms with van der Waals surface area (Å²) in [5.41, 5.74) is 4.29. The van der Waals surface area contributed by atoms with Crippen molar-refractivity contribution in [1.29, 1.82) is 0 Å². The number of rotatable bonds is 9. The fraction of sp³-hybridized carbons (Fsp3) is 0. The van der Waals surface area contributed by atoms with Crippen LogP contribution < -0.4 is 14.9 Å². The van der Waals surface area contributed by atoms with Crippen molar-refractivity contribution >= 4 is 55.8 Å². The van der Waals surface area contributed by atoms with Gasteiger partial charge in [-0.1, -0.05) is 64.5 Å². The quantitative estimate of drug-likeness (QED) is 0.0845. The number of hydrogen-bond acceptors (Lipinski definition) is 6. The maximum absolute atomic E-state index is 12.5. The van der Waals surface area contributed by atoms with E-state index in [9.17, 15) is 18.0 Å². The van der Waals surface area contributed by atoms with Crippen LogP contribution in [0.5, 0.6) is 5.75 Å². The summed E-state index contributed by atoms with van der Waals surface area (Å²) in [7, 11) is -3.74. The second-order valence-corrected chi connectivity index (χ2v) is 10.6. The Kier molecular flexibility index (Phi) is 9.03. The lowest BCUT2D eigenvalue weighted by molar-refractivity contribution is -0.128. The first-order valence-electron chi connectivity index (χ1n) is 11.6. The maximum Gasteiger partial charge on any atom is 0.336 e. The Labute approximate surface area is 234 Å². The molecule has 196 valence electrons. The van der Waals surface area contributed by atoms with Crippen molar-refractivity contribution in [3.63, 3.8) is 0 Å². The van der Waals surface area contributed by atoms with E-state index < -0.39 is 21.9 Å². The van der Waals surface area contributed by atoms with E-state index in [2.05, 4.69) is 31.2 Å². The van der Waals surface area contributed by atoms with Crippen molar-refractivity contribution in [3.05, 3.63) is 130 Å². The SMILES string of the molecule is O=C(/C=C/c1ccccc1)Oc1ccc(Br)cc1/C=N/NC(=O)c1ccc(NS(=O)(=O)c2ccccc2)cc1. The highest BCUT2D eigenvalue weighted by Gasteiger charge is 2.14. The second kappa shape index (κ2) is 12.8. The molecule has 8 nitrogen and oxygen atoms in total. The van der Waals surface area contributed by atoms with Gasteiger partial charge in [0.25, 0.3) is 15.9 Å². The van der Waals surface area contributed by atoms with E-state index in [1.54, 1.807) is 42.5 Å². The fourth-order valence-electron chi connectivity index (χ4n) is 3.31. The number of ether oxygens (including phenoxy) is 1. The van der Waals surface area contributed by atoms with Gasteiger partial charge in [-0.15, -0.1) is 0 Å². The number of sulfonamides is 1. The topological polar surface area (TPSA) is 114 Å². The Hall–Kier alpha value is -4.54. The summed E-state index contributed by atoms with van der Waals surface area (Å²) in [5, 5.41) is 3.98. The van der Waals surface area contributed by atoms with Crippen LogP contribution in [0.3, 0.4) is 0 Å².